The van der Waals surface area contributed by atoms with Crippen molar-refractivity contribution in [2.45, 2.75) is 20.4 Å². The lowest BCUT2D eigenvalue weighted by Gasteiger charge is -2.04. The van der Waals surface area contributed by atoms with Gasteiger partial charge in [-0.05, 0) is 13.8 Å². The predicted molar refractivity (Wildman–Crippen MR) is 52.3 cm³/mol. The highest BCUT2D eigenvalue weighted by atomic mass is 35.5. The fraction of sp³-hybridized carbons (Fsp3) is 0.500. The molecule has 0 atom stereocenters. The van der Waals surface area contributed by atoms with Gasteiger partial charge in [0.2, 0.25) is 5.91 Å². The molecule has 4 nitrogen and oxygen atoms in total. The summed E-state index contributed by atoms with van der Waals surface area (Å²) in [6, 6.07) is 0. The molecular formula is C8H10ClF2N3O. The molecular weight excluding hydrogens is 228 g/mol. The van der Waals surface area contributed by atoms with Crippen molar-refractivity contribution in [1.82, 2.24) is 9.78 Å². The quantitative estimate of drug-likeness (QED) is 0.818. The minimum absolute atomic E-state index is 0.209. The molecule has 0 saturated heterocycles. The number of aromatic nitrogens is 2. The molecule has 0 aliphatic carbocycles. The molecule has 1 rings (SSSR count). The summed E-state index contributed by atoms with van der Waals surface area (Å²) in [5.41, 5.74) is 0.841. The Morgan fingerprint density at radius 2 is 2.20 bits per heavy atom. The molecule has 1 aromatic heterocycles. The van der Waals surface area contributed by atoms with E-state index in [0.717, 1.165) is 0 Å². The third-order valence-electron chi connectivity index (χ3n) is 1.90. The van der Waals surface area contributed by atoms with Crippen molar-refractivity contribution < 1.29 is 13.6 Å². The van der Waals surface area contributed by atoms with Gasteiger partial charge >= 0.3 is 6.55 Å². The Labute approximate surface area is 90.2 Å². The average Bonchev–Trinajstić information content (AvgIpc) is 2.45. The minimum atomic E-state index is -2.72. The van der Waals surface area contributed by atoms with Gasteiger partial charge in [0.1, 0.15) is 5.88 Å². The van der Waals surface area contributed by atoms with Gasteiger partial charge in [0.15, 0.2) is 0 Å². The Hall–Kier alpha value is -1.17. The first kappa shape index (κ1) is 11.9. The van der Waals surface area contributed by atoms with Gasteiger partial charge in [-0.3, -0.25) is 4.79 Å². The maximum Gasteiger partial charge on any atom is 0.333 e. The van der Waals surface area contributed by atoms with Crippen molar-refractivity contribution in [1.29, 1.82) is 0 Å². The number of aryl methyl sites for hydroxylation is 1. The normalized spacial score (nSPS) is 10.8. The number of anilines is 1. The van der Waals surface area contributed by atoms with E-state index in [1.807, 2.05) is 0 Å². The lowest BCUT2D eigenvalue weighted by molar-refractivity contribution is -0.113. The molecule has 0 spiro atoms. The summed E-state index contributed by atoms with van der Waals surface area (Å²) in [6.07, 6.45) is 0. The number of carbonyl (C=O) groups is 1. The van der Waals surface area contributed by atoms with Gasteiger partial charge in [-0.2, -0.15) is 13.9 Å². The number of nitrogens with zero attached hydrogens (tertiary/aromatic N) is 2. The van der Waals surface area contributed by atoms with Crippen LogP contribution in [0.15, 0.2) is 0 Å². The summed E-state index contributed by atoms with van der Waals surface area (Å²) in [7, 11) is 0. The first-order valence-corrected chi connectivity index (χ1v) is 4.70. The second-order valence-corrected chi connectivity index (χ2v) is 3.22. The molecule has 1 amide bonds. The zero-order valence-corrected chi connectivity index (χ0v) is 8.98. The highest BCUT2D eigenvalue weighted by molar-refractivity contribution is 6.29. The van der Waals surface area contributed by atoms with Crippen LogP contribution in [0.5, 0.6) is 0 Å². The van der Waals surface area contributed by atoms with E-state index in [1.54, 1.807) is 0 Å². The number of alkyl halides is 3. The number of nitrogens with one attached hydrogen (secondary N) is 1. The van der Waals surface area contributed by atoms with Gasteiger partial charge in [-0.1, -0.05) is 0 Å². The Bertz CT molecular complexity index is 378. The van der Waals surface area contributed by atoms with Gasteiger partial charge in [-0.25, -0.2) is 4.68 Å². The smallest absolute Gasteiger partial charge is 0.322 e. The van der Waals surface area contributed by atoms with E-state index >= 15 is 0 Å². The molecule has 7 heteroatoms. The zero-order chi connectivity index (χ0) is 11.6. The van der Waals surface area contributed by atoms with E-state index < -0.39 is 12.5 Å². The second-order valence-electron chi connectivity index (χ2n) is 2.95. The molecule has 0 aliphatic heterocycles. The highest BCUT2D eigenvalue weighted by Gasteiger charge is 2.18. The van der Waals surface area contributed by atoms with Crippen LogP contribution >= 0.6 is 11.6 Å². The topological polar surface area (TPSA) is 46.9 Å². The van der Waals surface area contributed by atoms with Crippen LogP contribution in [-0.4, -0.2) is 21.6 Å². The molecule has 15 heavy (non-hydrogen) atoms. The summed E-state index contributed by atoms with van der Waals surface area (Å²) < 4.78 is 25.4. The van der Waals surface area contributed by atoms with E-state index in [-0.39, 0.29) is 11.6 Å². The molecule has 0 bridgehead atoms. The van der Waals surface area contributed by atoms with Gasteiger partial charge < -0.3 is 5.32 Å². The summed E-state index contributed by atoms with van der Waals surface area (Å²) in [4.78, 5) is 11.0. The van der Waals surface area contributed by atoms with Crippen LogP contribution in [0.4, 0.5) is 14.5 Å². The van der Waals surface area contributed by atoms with Crippen LogP contribution in [0.1, 0.15) is 17.9 Å². The molecule has 0 radical (unpaired) electrons. The molecule has 0 fully saturated rings. The summed E-state index contributed by atoms with van der Waals surface area (Å²) in [5.74, 6) is -0.671. The van der Waals surface area contributed by atoms with Crippen molar-refractivity contribution in [3.63, 3.8) is 0 Å². The van der Waals surface area contributed by atoms with Gasteiger partial charge in [-0.15, -0.1) is 11.6 Å². The zero-order valence-electron chi connectivity index (χ0n) is 8.22. The van der Waals surface area contributed by atoms with Crippen molar-refractivity contribution in [2.75, 3.05) is 11.2 Å². The fourth-order valence-electron chi connectivity index (χ4n) is 1.21. The van der Waals surface area contributed by atoms with E-state index in [2.05, 4.69) is 10.4 Å². The lowest BCUT2D eigenvalue weighted by atomic mass is 10.3. The highest BCUT2D eigenvalue weighted by Crippen LogP contribution is 2.23. The number of rotatable bonds is 3. The van der Waals surface area contributed by atoms with Crippen molar-refractivity contribution >= 4 is 23.2 Å². The molecule has 1 N–H and O–H groups in total. The Kier molecular flexibility index (Phi) is 3.62. The third kappa shape index (κ3) is 2.44. The SMILES string of the molecule is Cc1nn(C(F)F)c(C)c1NC(=O)CCl. The molecule has 0 aliphatic rings. The predicted octanol–water partition coefficient (Wildman–Crippen LogP) is 2.07. The number of halogens is 3. The molecule has 0 unspecified atom stereocenters. The Balaban J connectivity index is 3.03. The van der Waals surface area contributed by atoms with Crippen molar-refractivity contribution in [3.8, 4) is 0 Å². The first-order valence-electron chi connectivity index (χ1n) is 4.17. The summed E-state index contributed by atoms with van der Waals surface area (Å²) in [6.45, 7) is 0.275. The van der Waals surface area contributed by atoms with E-state index in [1.165, 1.54) is 13.8 Å². The van der Waals surface area contributed by atoms with E-state index in [0.29, 0.717) is 16.1 Å². The van der Waals surface area contributed by atoms with Crippen LogP contribution in [0, 0.1) is 13.8 Å². The van der Waals surface area contributed by atoms with Crippen LogP contribution < -0.4 is 5.32 Å². The maximum atomic E-state index is 12.4. The maximum absolute atomic E-state index is 12.4. The summed E-state index contributed by atoms with van der Waals surface area (Å²) >= 11 is 5.29. The Morgan fingerprint density at radius 3 is 2.60 bits per heavy atom. The average molecular weight is 238 g/mol. The first-order chi connectivity index (χ1) is 6.97. The molecule has 1 aromatic rings. The number of amides is 1. The van der Waals surface area contributed by atoms with Crippen LogP contribution in [0.2, 0.25) is 0 Å². The molecule has 1 heterocycles. The van der Waals surface area contributed by atoms with E-state index in [9.17, 15) is 13.6 Å². The van der Waals surface area contributed by atoms with Crippen molar-refractivity contribution in [2.24, 2.45) is 0 Å². The second kappa shape index (κ2) is 4.57. The minimum Gasteiger partial charge on any atom is -0.322 e. The third-order valence-corrected chi connectivity index (χ3v) is 2.14. The Morgan fingerprint density at radius 1 is 1.60 bits per heavy atom. The summed E-state index contributed by atoms with van der Waals surface area (Å²) in [5, 5.41) is 6.02. The monoisotopic (exact) mass is 237 g/mol. The van der Waals surface area contributed by atoms with Gasteiger partial charge in [0.25, 0.3) is 0 Å². The molecule has 0 saturated carbocycles. The number of hydrogen-bond acceptors (Lipinski definition) is 2. The number of carbonyl (C=O) groups excluding carboxylic acids is 1. The molecule has 0 aromatic carbocycles. The largest absolute Gasteiger partial charge is 0.333 e. The lowest BCUT2D eigenvalue weighted by Crippen LogP contribution is -2.14. The van der Waals surface area contributed by atoms with Gasteiger partial charge in [0.05, 0.1) is 17.1 Å². The standard InChI is InChI=1S/C8H10ClF2N3O/c1-4-7(12-6(15)3-9)5(2)14(13-4)8(10)11/h8H,3H2,1-2H3,(H,12,15). The fourth-order valence-corrected chi connectivity index (χ4v) is 1.27. The van der Waals surface area contributed by atoms with Crippen LogP contribution in [0.25, 0.3) is 0 Å². The van der Waals surface area contributed by atoms with Gasteiger partial charge in [0, 0.05) is 0 Å². The van der Waals surface area contributed by atoms with Crippen molar-refractivity contribution in [3.05, 3.63) is 11.4 Å². The van der Waals surface area contributed by atoms with E-state index in [4.69, 9.17) is 11.6 Å². The molecule has 84 valence electrons. The number of hydrogen-bond donors (Lipinski definition) is 1. The van der Waals surface area contributed by atoms with Crippen LogP contribution in [-0.2, 0) is 4.79 Å². The van der Waals surface area contributed by atoms with Crippen LogP contribution in [0.3, 0.4) is 0 Å².